The molecule has 4 heteroatoms. The molecule has 0 amide bonds. The van der Waals surface area contributed by atoms with Crippen LogP contribution in [0.25, 0.3) is 43.8 Å². The number of hydrogen-bond donors (Lipinski definition) is 0. The van der Waals surface area contributed by atoms with Gasteiger partial charge in [-0.2, -0.15) is 12.1 Å². The van der Waals surface area contributed by atoms with E-state index in [9.17, 15) is 0 Å². The molecule has 2 aliphatic carbocycles. The van der Waals surface area contributed by atoms with Crippen LogP contribution in [-0.4, -0.2) is 6.88 Å². The summed E-state index contributed by atoms with van der Waals surface area (Å²) >= 11 is 1.36. The van der Waals surface area contributed by atoms with E-state index >= 15 is 0 Å². The van der Waals surface area contributed by atoms with E-state index in [2.05, 4.69) is 128 Å². The molecule has 0 atom stereocenters. The molecular weight excluding hydrogens is 647 g/mol. The number of hydrogen-bond acceptors (Lipinski definition) is 0. The van der Waals surface area contributed by atoms with E-state index in [4.69, 9.17) is 0 Å². The summed E-state index contributed by atoms with van der Waals surface area (Å²) in [6, 6.07) is 44.2. The van der Waals surface area contributed by atoms with Crippen LogP contribution in [0.15, 0.2) is 121 Å². The predicted molar refractivity (Wildman–Crippen MR) is 187 cm³/mol. The molecule has 0 aromatic heterocycles. The molecule has 0 unspecified atom stereocenters. The van der Waals surface area contributed by atoms with Gasteiger partial charge in [0.25, 0.3) is 0 Å². The van der Waals surface area contributed by atoms with Gasteiger partial charge in [0.2, 0.25) is 0 Å². The Bertz CT molecular complexity index is 1540. The van der Waals surface area contributed by atoms with Crippen LogP contribution in [0.2, 0.25) is 0 Å². The molecule has 0 heterocycles. The standard InChI is InChI=1S/2C18H15.2CH3.2ClH.Si.Zr/c2*1-2-5-14(6-3-1)17-8-4-7-15-11-16(12-18(15)17)13-9-10-13;;;;;;/h2*1-8,11-13H,9-10H2;2*1H3;2*1H;;/q4*-1;;;;. The third kappa shape index (κ3) is 8.03. The van der Waals surface area contributed by atoms with Crippen molar-refractivity contribution in [3.63, 3.8) is 0 Å². The first kappa shape index (κ1) is 36.0. The molecule has 2 radical (unpaired) electrons. The maximum Gasteiger partial charge on any atom is -0.0279 e. The Morgan fingerprint density at radius 1 is 0.500 bits per heavy atom. The van der Waals surface area contributed by atoms with E-state index in [-0.39, 0.29) is 39.7 Å². The number of fused-ring (bicyclic) bond motifs is 2. The normalized spacial score (nSPS) is 13.0. The molecule has 0 saturated heterocycles. The van der Waals surface area contributed by atoms with Crippen molar-refractivity contribution in [1.82, 2.24) is 0 Å². The monoisotopic (exact) mass is 682 g/mol. The van der Waals surface area contributed by atoms with Gasteiger partial charge in [-0.25, -0.2) is 0 Å². The first-order valence-corrected chi connectivity index (χ1v) is 17.8. The van der Waals surface area contributed by atoms with Crippen LogP contribution in [0.5, 0.6) is 0 Å². The average molecular weight is 685 g/mol. The van der Waals surface area contributed by atoms with Gasteiger partial charge in [0.05, 0.1) is 0 Å². The second-order valence-corrected chi connectivity index (χ2v) is 10.5. The molecule has 0 spiro atoms. The second kappa shape index (κ2) is 16.6. The van der Waals surface area contributed by atoms with Gasteiger partial charge in [0.15, 0.2) is 0 Å². The molecule has 6 aromatic carbocycles. The first-order valence-electron chi connectivity index (χ1n) is 13.6. The molecule has 0 N–H and O–H groups in total. The van der Waals surface area contributed by atoms with E-state index < -0.39 is 0 Å². The Labute approximate surface area is 281 Å². The quantitative estimate of drug-likeness (QED) is 0.128. The maximum atomic E-state index is 3.06. The Morgan fingerprint density at radius 2 is 0.857 bits per heavy atom. The van der Waals surface area contributed by atoms with E-state index in [1.54, 1.807) is 0 Å². The smallest absolute Gasteiger partial charge is 0.0279 e. The van der Waals surface area contributed by atoms with Crippen LogP contribution < -0.4 is 0 Å². The summed E-state index contributed by atoms with van der Waals surface area (Å²) in [4.78, 5) is 0. The maximum absolute atomic E-state index is 3.06. The Morgan fingerprint density at radius 3 is 1.19 bits per heavy atom. The largest absolute Gasteiger partial charge is 0.164 e. The van der Waals surface area contributed by atoms with E-state index in [1.807, 2.05) is 0 Å². The summed E-state index contributed by atoms with van der Waals surface area (Å²) < 4.78 is 0. The van der Waals surface area contributed by atoms with E-state index in [0.717, 1.165) is 11.8 Å². The van der Waals surface area contributed by atoms with Gasteiger partial charge in [-0.05, 0) is 48.6 Å². The Balaban J connectivity index is 0.000000254. The first-order chi connectivity index (χ1) is 18.8. The van der Waals surface area contributed by atoms with Gasteiger partial charge in [-0.3, -0.25) is 0 Å². The zero-order valence-corrected chi connectivity index (χ0v) is 29.4. The minimum absolute atomic E-state index is 0. The molecule has 0 bridgehead atoms. The fourth-order valence-corrected chi connectivity index (χ4v) is 5.56. The second-order valence-electron chi connectivity index (χ2n) is 10.5. The van der Waals surface area contributed by atoms with Crippen molar-refractivity contribution >= 4 is 53.2 Å². The van der Waals surface area contributed by atoms with Gasteiger partial charge in [-0.15, -0.1) is 93.9 Å². The van der Waals surface area contributed by atoms with Crippen LogP contribution in [0, 0.1) is 14.9 Å². The molecule has 2 fully saturated rings. The molecule has 2 saturated carbocycles. The molecule has 0 nitrogen and oxygen atoms in total. The van der Waals surface area contributed by atoms with Crippen molar-refractivity contribution in [1.29, 1.82) is 0 Å². The number of benzene rings is 4. The Kier molecular flexibility index (Phi) is 14.2. The van der Waals surface area contributed by atoms with Crippen molar-refractivity contribution in [2.45, 2.75) is 37.5 Å². The fourth-order valence-electron chi connectivity index (χ4n) is 5.56. The molecular formula is C38H38Cl2SiZr-4. The summed E-state index contributed by atoms with van der Waals surface area (Å²) in [5.74, 6) is 1.67. The summed E-state index contributed by atoms with van der Waals surface area (Å²) in [7, 11) is 0. The van der Waals surface area contributed by atoms with Gasteiger partial charge < -0.3 is 14.9 Å². The van der Waals surface area contributed by atoms with Crippen LogP contribution in [0.4, 0.5) is 0 Å². The van der Waals surface area contributed by atoms with Crippen LogP contribution >= 0.6 is 24.8 Å². The molecule has 216 valence electrons. The minimum atomic E-state index is 0. The van der Waals surface area contributed by atoms with Crippen molar-refractivity contribution in [3.8, 4) is 22.3 Å². The molecule has 42 heavy (non-hydrogen) atoms. The van der Waals surface area contributed by atoms with Gasteiger partial charge >= 0.3 is 30.2 Å². The molecule has 8 rings (SSSR count). The van der Waals surface area contributed by atoms with Gasteiger partial charge in [-0.1, -0.05) is 83.9 Å². The number of halogens is 2. The fraction of sp³-hybridized carbons (Fsp3) is 0.158. The topological polar surface area (TPSA) is 0 Å². The zero-order chi connectivity index (χ0) is 25.9. The van der Waals surface area contributed by atoms with Crippen LogP contribution in [0.3, 0.4) is 0 Å². The van der Waals surface area contributed by atoms with E-state index in [1.165, 1.54) is 104 Å². The Hall–Kier alpha value is -2.22. The van der Waals surface area contributed by atoms with Crippen molar-refractivity contribution in [3.05, 3.63) is 147 Å². The SMILES string of the molecule is Cl.Cl.[CH3-].[CH3-].[Si]=[Zr].c1ccc(-c2cccc3[cH-]c(C4CC4)cc23)cc1.c1ccc(-c2cccc3[cH-]c(C4CC4)cc23)cc1. The molecule has 2 aliphatic rings. The van der Waals surface area contributed by atoms with E-state index in [0.29, 0.717) is 0 Å². The van der Waals surface area contributed by atoms with Gasteiger partial charge in [0.1, 0.15) is 0 Å². The zero-order valence-electron chi connectivity index (χ0n) is 24.3. The number of rotatable bonds is 4. The average Bonchev–Trinajstić information content (AvgIpc) is 3.93. The van der Waals surface area contributed by atoms with Crippen LogP contribution in [0.1, 0.15) is 48.6 Å². The summed E-state index contributed by atoms with van der Waals surface area (Å²) in [5, 5.41) is 5.59. The van der Waals surface area contributed by atoms with Crippen molar-refractivity contribution < 1.29 is 23.3 Å². The third-order valence-corrected chi connectivity index (χ3v) is 7.81. The minimum Gasteiger partial charge on any atom is -0.164 e. The van der Waals surface area contributed by atoms with Crippen molar-refractivity contribution in [2.24, 2.45) is 0 Å². The van der Waals surface area contributed by atoms with Crippen LogP contribution in [-0.2, 0) is 23.3 Å². The predicted octanol–water partition coefficient (Wildman–Crippen LogP) is 11.6. The summed E-state index contributed by atoms with van der Waals surface area (Å²) in [6.07, 6.45) is 5.49. The summed E-state index contributed by atoms with van der Waals surface area (Å²) in [6.45, 7) is 3.06. The molecule has 0 aliphatic heterocycles. The third-order valence-electron chi connectivity index (χ3n) is 7.81. The molecule has 6 aromatic rings. The van der Waals surface area contributed by atoms with Crippen molar-refractivity contribution in [2.75, 3.05) is 0 Å². The summed E-state index contributed by atoms with van der Waals surface area (Å²) in [5.41, 5.74) is 8.42. The van der Waals surface area contributed by atoms with Gasteiger partial charge in [0, 0.05) is 0 Å².